The molecular weight excluding hydrogens is 337 g/mol. The first kappa shape index (κ1) is 18.1. The average Bonchev–Trinajstić information content (AvgIpc) is 3.04. The first-order valence-electron chi connectivity index (χ1n) is 8.46. The molecule has 1 heterocycles. The molecule has 1 fully saturated rings. The van der Waals surface area contributed by atoms with E-state index < -0.39 is 29.8 Å². The summed E-state index contributed by atoms with van der Waals surface area (Å²) in [5, 5.41) is 9.90. The summed E-state index contributed by atoms with van der Waals surface area (Å²) >= 11 is 0. The standard InChI is InChI=1S/C20H20FNO4/c21-17-9-5-4-8-15(17)10-19(24)22-12-16(23)11-18(22)20(25)26-13-14-6-2-1-3-7-14/h1-9,16,18,23H,10-13H2/t16-,18-/m0/s1. The van der Waals surface area contributed by atoms with Gasteiger partial charge in [0.1, 0.15) is 18.5 Å². The molecule has 0 aromatic heterocycles. The highest BCUT2D eigenvalue weighted by Gasteiger charge is 2.39. The number of likely N-dealkylation sites (tertiary alicyclic amines) is 1. The van der Waals surface area contributed by atoms with Gasteiger partial charge in [-0.1, -0.05) is 48.5 Å². The summed E-state index contributed by atoms with van der Waals surface area (Å²) in [7, 11) is 0. The van der Waals surface area contributed by atoms with Crippen LogP contribution in [-0.2, 0) is 27.4 Å². The summed E-state index contributed by atoms with van der Waals surface area (Å²) in [6.07, 6.45) is -0.841. The van der Waals surface area contributed by atoms with Crippen LogP contribution in [0.4, 0.5) is 4.39 Å². The molecule has 0 saturated carbocycles. The normalized spacial score (nSPS) is 19.4. The van der Waals surface area contributed by atoms with E-state index in [1.165, 1.54) is 17.0 Å². The van der Waals surface area contributed by atoms with Crippen molar-refractivity contribution in [1.29, 1.82) is 0 Å². The van der Waals surface area contributed by atoms with Crippen molar-refractivity contribution in [2.45, 2.75) is 31.6 Å². The maximum atomic E-state index is 13.8. The van der Waals surface area contributed by atoms with E-state index in [-0.39, 0.29) is 31.6 Å². The highest BCUT2D eigenvalue weighted by atomic mass is 19.1. The predicted molar refractivity (Wildman–Crippen MR) is 92.5 cm³/mol. The largest absolute Gasteiger partial charge is 0.459 e. The Morgan fingerprint density at radius 2 is 1.81 bits per heavy atom. The SMILES string of the molecule is O=C(OCc1ccccc1)[C@@H]1C[C@H](O)CN1C(=O)Cc1ccccc1F. The average molecular weight is 357 g/mol. The van der Waals surface area contributed by atoms with Gasteiger partial charge in [-0.15, -0.1) is 0 Å². The number of rotatable bonds is 5. The molecule has 3 rings (SSSR count). The minimum atomic E-state index is -0.854. The first-order valence-corrected chi connectivity index (χ1v) is 8.46. The van der Waals surface area contributed by atoms with Crippen molar-refractivity contribution in [2.24, 2.45) is 0 Å². The van der Waals surface area contributed by atoms with E-state index in [2.05, 4.69) is 0 Å². The van der Waals surface area contributed by atoms with E-state index in [0.29, 0.717) is 0 Å². The fourth-order valence-corrected chi connectivity index (χ4v) is 3.04. The van der Waals surface area contributed by atoms with Gasteiger partial charge in [-0.25, -0.2) is 9.18 Å². The van der Waals surface area contributed by atoms with E-state index in [4.69, 9.17) is 4.74 Å². The van der Waals surface area contributed by atoms with Crippen LogP contribution in [-0.4, -0.2) is 40.6 Å². The van der Waals surface area contributed by atoms with E-state index >= 15 is 0 Å². The fourth-order valence-electron chi connectivity index (χ4n) is 3.04. The third-order valence-corrected chi connectivity index (χ3v) is 4.39. The molecular formula is C20H20FNO4. The third-order valence-electron chi connectivity index (χ3n) is 4.39. The molecule has 0 aliphatic carbocycles. The molecule has 1 saturated heterocycles. The van der Waals surface area contributed by atoms with Crippen molar-refractivity contribution in [3.05, 3.63) is 71.5 Å². The zero-order valence-electron chi connectivity index (χ0n) is 14.2. The number of esters is 1. The zero-order valence-corrected chi connectivity index (χ0v) is 14.2. The maximum Gasteiger partial charge on any atom is 0.329 e. The Kier molecular flexibility index (Phi) is 5.63. The number of benzene rings is 2. The molecule has 6 heteroatoms. The van der Waals surface area contributed by atoms with Gasteiger partial charge in [-0.2, -0.15) is 0 Å². The number of amides is 1. The van der Waals surface area contributed by atoms with Crippen LogP contribution in [0.5, 0.6) is 0 Å². The lowest BCUT2D eigenvalue weighted by Gasteiger charge is -2.23. The molecule has 1 aliphatic heterocycles. The summed E-state index contributed by atoms with van der Waals surface area (Å²) in [4.78, 5) is 26.2. The van der Waals surface area contributed by atoms with Crippen molar-refractivity contribution in [1.82, 2.24) is 4.90 Å². The van der Waals surface area contributed by atoms with Gasteiger partial charge >= 0.3 is 5.97 Å². The number of β-amino-alcohol motifs (C(OH)–C–C–N with tert-alkyl or cyclic N) is 1. The number of hydrogen-bond acceptors (Lipinski definition) is 4. The second-order valence-corrected chi connectivity index (χ2v) is 6.31. The van der Waals surface area contributed by atoms with Crippen LogP contribution in [0.25, 0.3) is 0 Å². The van der Waals surface area contributed by atoms with E-state index in [0.717, 1.165) is 5.56 Å². The minimum Gasteiger partial charge on any atom is -0.459 e. The highest BCUT2D eigenvalue weighted by Crippen LogP contribution is 2.21. The number of carbonyl (C=O) groups excluding carboxylic acids is 2. The lowest BCUT2D eigenvalue weighted by molar-refractivity contribution is -0.154. The number of aliphatic hydroxyl groups is 1. The minimum absolute atomic E-state index is 0.0401. The molecule has 26 heavy (non-hydrogen) atoms. The molecule has 1 aliphatic rings. The Hall–Kier alpha value is -2.73. The lowest BCUT2D eigenvalue weighted by atomic mass is 10.1. The number of hydrogen-bond donors (Lipinski definition) is 1. The molecule has 0 spiro atoms. The number of aliphatic hydroxyl groups excluding tert-OH is 1. The van der Waals surface area contributed by atoms with Crippen LogP contribution < -0.4 is 0 Å². The topological polar surface area (TPSA) is 66.8 Å². The summed E-state index contributed by atoms with van der Waals surface area (Å²) in [5.74, 6) is -1.44. The van der Waals surface area contributed by atoms with Gasteiger partial charge in [0.25, 0.3) is 0 Å². The van der Waals surface area contributed by atoms with Crippen LogP contribution in [0, 0.1) is 5.82 Å². The van der Waals surface area contributed by atoms with Gasteiger partial charge < -0.3 is 14.7 Å². The van der Waals surface area contributed by atoms with Crippen LogP contribution in [0.15, 0.2) is 54.6 Å². The Morgan fingerprint density at radius 1 is 1.12 bits per heavy atom. The number of carbonyl (C=O) groups is 2. The van der Waals surface area contributed by atoms with Gasteiger partial charge in [-0.05, 0) is 17.2 Å². The Balaban J connectivity index is 1.65. The van der Waals surface area contributed by atoms with E-state index in [9.17, 15) is 19.1 Å². The second-order valence-electron chi connectivity index (χ2n) is 6.31. The van der Waals surface area contributed by atoms with Gasteiger partial charge in [0, 0.05) is 13.0 Å². The Bertz CT molecular complexity index is 780. The summed E-state index contributed by atoms with van der Waals surface area (Å²) in [6.45, 7) is 0.139. The molecule has 0 radical (unpaired) electrons. The molecule has 136 valence electrons. The quantitative estimate of drug-likeness (QED) is 0.832. The Labute approximate surface area is 151 Å². The fraction of sp³-hybridized carbons (Fsp3) is 0.300. The predicted octanol–water partition coefficient (Wildman–Crippen LogP) is 2.07. The number of halogens is 1. The summed E-state index contributed by atoms with van der Waals surface area (Å²) < 4.78 is 19.1. The molecule has 1 amide bonds. The first-order chi connectivity index (χ1) is 12.5. The number of ether oxygens (including phenoxy) is 1. The molecule has 0 bridgehead atoms. The molecule has 2 atom stereocenters. The third kappa shape index (κ3) is 4.26. The van der Waals surface area contributed by atoms with Crippen molar-refractivity contribution in [3.63, 3.8) is 0 Å². The molecule has 5 nitrogen and oxygen atoms in total. The summed E-state index contributed by atoms with van der Waals surface area (Å²) in [5.41, 5.74) is 1.10. The molecule has 2 aromatic rings. The van der Waals surface area contributed by atoms with Gasteiger partial charge in [0.2, 0.25) is 5.91 Å². The van der Waals surface area contributed by atoms with E-state index in [1.54, 1.807) is 12.1 Å². The highest BCUT2D eigenvalue weighted by molar-refractivity contribution is 5.86. The Morgan fingerprint density at radius 3 is 2.54 bits per heavy atom. The van der Waals surface area contributed by atoms with Gasteiger partial charge in [-0.3, -0.25) is 4.79 Å². The molecule has 1 N–H and O–H groups in total. The van der Waals surface area contributed by atoms with E-state index in [1.807, 2.05) is 30.3 Å². The second kappa shape index (κ2) is 8.10. The van der Waals surface area contributed by atoms with Crippen molar-refractivity contribution < 1.29 is 23.8 Å². The van der Waals surface area contributed by atoms with Gasteiger partial charge in [0.15, 0.2) is 0 Å². The lowest BCUT2D eigenvalue weighted by Crippen LogP contribution is -2.42. The number of nitrogens with zero attached hydrogens (tertiary/aromatic N) is 1. The van der Waals surface area contributed by atoms with Crippen LogP contribution in [0.3, 0.4) is 0 Å². The monoisotopic (exact) mass is 357 g/mol. The van der Waals surface area contributed by atoms with Crippen LogP contribution in [0.2, 0.25) is 0 Å². The van der Waals surface area contributed by atoms with Gasteiger partial charge in [0.05, 0.1) is 12.5 Å². The summed E-state index contributed by atoms with van der Waals surface area (Å²) in [6, 6.07) is 14.4. The molecule has 0 unspecified atom stereocenters. The van der Waals surface area contributed by atoms with Crippen molar-refractivity contribution in [2.75, 3.05) is 6.54 Å². The smallest absolute Gasteiger partial charge is 0.329 e. The molecule has 2 aromatic carbocycles. The van der Waals surface area contributed by atoms with Crippen LogP contribution in [0.1, 0.15) is 17.5 Å². The van der Waals surface area contributed by atoms with Crippen molar-refractivity contribution >= 4 is 11.9 Å². The van der Waals surface area contributed by atoms with Crippen molar-refractivity contribution in [3.8, 4) is 0 Å². The van der Waals surface area contributed by atoms with Crippen LogP contribution >= 0.6 is 0 Å². The zero-order chi connectivity index (χ0) is 18.5. The maximum absolute atomic E-state index is 13.8.